The zero-order chi connectivity index (χ0) is 8.53. The van der Waals surface area contributed by atoms with Gasteiger partial charge in [-0.15, -0.1) is 12.3 Å². The average Bonchev–Trinajstić information content (AvgIpc) is 2.04. The van der Waals surface area contributed by atoms with Gasteiger partial charge in [-0.3, -0.25) is 0 Å². The summed E-state index contributed by atoms with van der Waals surface area (Å²) in [5, 5.41) is 3.71. The van der Waals surface area contributed by atoms with Crippen LogP contribution in [0.1, 0.15) is 12.8 Å². The van der Waals surface area contributed by atoms with E-state index in [1.54, 1.807) is 0 Å². The summed E-state index contributed by atoms with van der Waals surface area (Å²) in [6.07, 6.45) is 6.84. The summed E-state index contributed by atoms with van der Waals surface area (Å²) >= 11 is 10.9. The fourth-order valence-electron chi connectivity index (χ4n) is 0.562. The lowest BCUT2D eigenvalue weighted by Crippen LogP contribution is -2.16. The van der Waals surface area contributed by atoms with Crippen molar-refractivity contribution in [2.75, 3.05) is 13.1 Å². The molecule has 0 amide bonds. The summed E-state index contributed by atoms with van der Waals surface area (Å²) in [4.78, 5) is 0. The van der Waals surface area contributed by atoms with E-state index in [1.165, 1.54) is 5.54 Å². The van der Waals surface area contributed by atoms with Crippen molar-refractivity contribution in [1.82, 2.24) is 5.32 Å². The predicted molar refractivity (Wildman–Crippen MR) is 50.7 cm³/mol. The number of nitrogens with one attached hydrogen (secondary N) is 1. The smallest absolute Gasteiger partial charge is 0.0431 e. The van der Waals surface area contributed by atoms with E-state index in [4.69, 9.17) is 29.6 Å². The second-order valence-corrected chi connectivity index (χ2v) is 2.74. The van der Waals surface area contributed by atoms with Crippen molar-refractivity contribution >= 4 is 23.2 Å². The van der Waals surface area contributed by atoms with Crippen LogP contribution < -0.4 is 5.32 Å². The van der Waals surface area contributed by atoms with Gasteiger partial charge in [0.2, 0.25) is 0 Å². The van der Waals surface area contributed by atoms with Crippen LogP contribution in [0.15, 0.2) is 10.6 Å². The molecule has 0 fully saturated rings. The molecule has 0 aliphatic rings. The van der Waals surface area contributed by atoms with Gasteiger partial charge in [0.25, 0.3) is 0 Å². The maximum Gasteiger partial charge on any atom is 0.0431 e. The minimum atomic E-state index is 0.618. The Labute approximate surface area is 77.8 Å². The lowest BCUT2D eigenvalue weighted by molar-refractivity contribution is 0.703. The number of unbranched alkanes of at least 4 members (excludes halogenated alkanes) is 1. The van der Waals surface area contributed by atoms with Gasteiger partial charge < -0.3 is 5.32 Å². The Morgan fingerprint density at radius 2 is 2.36 bits per heavy atom. The Balaban J connectivity index is 3.10. The Morgan fingerprint density at radius 3 is 2.91 bits per heavy atom. The molecule has 0 aliphatic carbocycles. The van der Waals surface area contributed by atoms with Gasteiger partial charge in [0, 0.05) is 23.5 Å². The van der Waals surface area contributed by atoms with Crippen LogP contribution in [0.3, 0.4) is 0 Å². The molecule has 0 unspecified atom stereocenters. The molecule has 0 bridgehead atoms. The van der Waals surface area contributed by atoms with Crippen LogP contribution in [0.25, 0.3) is 0 Å². The molecule has 1 N–H and O–H groups in total. The van der Waals surface area contributed by atoms with Crippen LogP contribution in [0.5, 0.6) is 0 Å². The molecule has 0 rings (SSSR count). The first-order valence-electron chi connectivity index (χ1n) is 3.40. The lowest BCUT2D eigenvalue weighted by Gasteiger charge is -1.99. The first-order valence-corrected chi connectivity index (χ1v) is 4.21. The molecule has 62 valence electrons. The predicted octanol–water partition coefficient (Wildman–Crippen LogP) is 2.31. The van der Waals surface area contributed by atoms with Gasteiger partial charge in [-0.2, -0.15) is 0 Å². The van der Waals surface area contributed by atoms with Crippen LogP contribution in [0.4, 0.5) is 0 Å². The molecule has 0 aromatic heterocycles. The second-order valence-electron chi connectivity index (χ2n) is 2.04. The highest BCUT2D eigenvalue weighted by molar-refractivity contribution is 6.36. The Hall–Kier alpha value is -0.160. The van der Waals surface area contributed by atoms with Gasteiger partial charge >= 0.3 is 0 Å². The number of rotatable bonds is 5. The van der Waals surface area contributed by atoms with Crippen molar-refractivity contribution in [2.24, 2.45) is 0 Å². The quantitative estimate of drug-likeness (QED) is 0.520. The molecular weight excluding hydrogens is 181 g/mol. The van der Waals surface area contributed by atoms with Crippen LogP contribution >= 0.6 is 23.2 Å². The molecule has 0 aromatic carbocycles. The van der Waals surface area contributed by atoms with Gasteiger partial charge in [-0.05, 0) is 13.0 Å². The summed E-state index contributed by atoms with van der Waals surface area (Å²) < 4.78 is 0. The zero-order valence-electron chi connectivity index (χ0n) is 6.24. The molecule has 0 aromatic rings. The topological polar surface area (TPSA) is 12.0 Å². The Kier molecular flexibility index (Phi) is 7.83. The van der Waals surface area contributed by atoms with Crippen molar-refractivity contribution in [3.63, 3.8) is 0 Å². The summed E-state index contributed by atoms with van der Waals surface area (Å²) in [7, 11) is 0. The van der Waals surface area contributed by atoms with E-state index in [2.05, 4.69) is 11.2 Å². The largest absolute Gasteiger partial charge is 0.312 e. The summed E-state index contributed by atoms with van der Waals surface area (Å²) in [6.45, 7) is 1.50. The summed E-state index contributed by atoms with van der Waals surface area (Å²) in [6, 6.07) is 0. The third kappa shape index (κ3) is 7.74. The zero-order valence-corrected chi connectivity index (χ0v) is 7.75. The maximum absolute atomic E-state index is 5.60. The van der Waals surface area contributed by atoms with E-state index in [0.717, 1.165) is 19.4 Å². The van der Waals surface area contributed by atoms with E-state index in [0.29, 0.717) is 11.6 Å². The number of hydrogen-bond donors (Lipinski definition) is 1. The molecule has 0 spiro atoms. The first-order chi connectivity index (χ1) is 5.31. The first kappa shape index (κ1) is 10.8. The van der Waals surface area contributed by atoms with Crippen LogP contribution in [0, 0.1) is 12.3 Å². The van der Waals surface area contributed by atoms with Crippen LogP contribution in [-0.4, -0.2) is 13.1 Å². The van der Waals surface area contributed by atoms with Crippen molar-refractivity contribution in [2.45, 2.75) is 12.8 Å². The van der Waals surface area contributed by atoms with Gasteiger partial charge in [0.05, 0.1) is 0 Å². The molecule has 0 saturated carbocycles. The van der Waals surface area contributed by atoms with Crippen molar-refractivity contribution in [3.05, 3.63) is 10.6 Å². The summed E-state index contributed by atoms with van der Waals surface area (Å²) in [5.74, 6) is 2.56. The van der Waals surface area contributed by atoms with E-state index >= 15 is 0 Å². The molecule has 0 radical (unpaired) electrons. The minimum absolute atomic E-state index is 0.618. The van der Waals surface area contributed by atoms with Gasteiger partial charge in [0.15, 0.2) is 0 Å². The molecule has 3 heteroatoms. The number of terminal acetylenes is 1. The Bertz CT molecular complexity index is 158. The lowest BCUT2D eigenvalue weighted by atomic mass is 10.3. The molecule has 0 saturated heterocycles. The van der Waals surface area contributed by atoms with E-state index < -0.39 is 0 Å². The molecule has 0 aliphatic heterocycles. The average molecular weight is 192 g/mol. The van der Waals surface area contributed by atoms with Crippen molar-refractivity contribution in [3.8, 4) is 12.3 Å². The van der Waals surface area contributed by atoms with Crippen LogP contribution in [-0.2, 0) is 0 Å². The highest BCUT2D eigenvalue weighted by Crippen LogP contribution is 2.00. The van der Waals surface area contributed by atoms with E-state index in [9.17, 15) is 0 Å². The molecule has 0 atom stereocenters. The molecule has 1 nitrogen and oxygen atoms in total. The number of halogens is 2. The third-order valence-corrected chi connectivity index (χ3v) is 1.70. The van der Waals surface area contributed by atoms with Gasteiger partial charge in [-0.25, -0.2) is 0 Å². The van der Waals surface area contributed by atoms with E-state index in [-0.39, 0.29) is 0 Å². The van der Waals surface area contributed by atoms with Crippen molar-refractivity contribution < 1.29 is 0 Å². The third-order valence-electron chi connectivity index (χ3n) is 1.09. The maximum atomic E-state index is 5.60. The number of hydrogen-bond acceptors (Lipinski definition) is 1. The Morgan fingerprint density at radius 1 is 1.64 bits per heavy atom. The standard InChI is InChI=1S/C8H11Cl2N/c1-2-3-4-5-11-7-8(10)6-9/h1,6,11H,3-5,7H2/b8-6+. The van der Waals surface area contributed by atoms with Gasteiger partial charge in [-0.1, -0.05) is 23.2 Å². The summed E-state index contributed by atoms with van der Waals surface area (Å²) in [5.41, 5.74) is 1.36. The van der Waals surface area contributed by atoms with Crippen molar-refractivity contribution in [1.29, 1.82) is 0 Å². The molecular formula is C8H11Cl2N. The molecule has 0 heterocycles. The minimum Gasteiger partial charge on any atom is -0.312 e. The fraction of sp³-hybridized carbons (Fsp3) is 0.500. The fourth-order valence-corrected chi connectivity index (χ4v) is 0.733. The molecule has 11 heavy (non-hydrogen) atoms. The monoisotopic (exact) mass is 191 g/mol. The highest BCUT2D eigenvalue weighted by atomic mass is 35.5. The van der Waals surface area contributed by atoms with Gasteiger partial charge in [0.1, 0.15) is 0 Å². The highest BCUT2D eigenvalue weighted by Gasteiger charge is 1.89. The van der Waals surface area contributed by atoms with Crippen LogP contribution in [0.2, 0.25) is 0 Å². The SMILES string of the molecule is C#CCCCNC/C(Cl)=C\Cl. The second kappa shape index (κ2) is 7.94. The van der Waals surface area contributed by atoms with E-state index in [1.807, 2.05) is 0 Å². The normalized spacial score (nSPS) is 11.2.